The minimum absolute atomic E-state index is 0.137. The number of piperazine rings is 1. The lowest BCUT2D eigenvalue weighted by molar-refractivity contribution is 0.0873. The fourth-order valence-corrected chi connectivity index (χ4v) is 5.96. The molecule has 10 heteroatoms. The first-order chi connectivity index (χ1) is 25.4. The molecule has 4 rings (SSSR count). The van der Waals surface area contributed by atoms with Crippen molar-refractivity contribution in [2.45, 2.75) is 19.8 Å². The molecule has 1 saturated heterocycles. The number of amides is 1. The third-order valence-corrected chi connectivity index (χ3v) is 8.32. The molecule has 0 aromatic heterocycles. The molecule has 2 aromatic rings. The Kier molecular flexibility index (Phi) is 13.6. The van der Waals surface area contributed by atoms with Gasteiger partial charge in [0.25, 0.3) is 5.70 Å². The van der Waals surface area contributed by atoms with E-state index in [0.717, 1.165) is 16.8 Å². The molecule has 0 spiro atoms. The first kappa shape index (κ1) is 37.4. The SMILES string of the molecule is [C-]#[N+]C(C#N)=C(C(=C=N)C=CC=C1CCC(C=CC=C(C#N)C(=C([N+]#[C-])[N+]#[C-])c2ccccc2)=C1N1CCN(C(=O)OCC)CC1)c1ccccc1. The number of ether oxygens (including phenoxy) is 1. The number of rotatable bonds is 10. The quantitative estimate of drug-likeness (QED) is 0.117. The molecule has 1 aliphatic heterocycles. The molecule has 0 bridgehead atoms. The summed E-state index contributed by atoms with van der Waals surface area (Å²) in [5.74, 6) is 2.22. The van der Waals surface area contributed by atoms with Gasteiger partial charge in [-0.15, -0.1) is 0 Å². The summed E-state index contributed by atoms with van der Waals surface area (Å²) in [6.45, 7) is 26.8. The molecule has 2 aliphatic rings. The van der Waals surface area contributed by atoms with E-state index < -0.39 is 0 Å². The standard InChI is InChI=1S/C42H34N8O2/c1-5-52-42(51)50-26-24-49(25-27-50)40-33(18-12-20-35(28-43)38(37(30-45)46-2)31-14-8-6-9-15-31)22-23-34(40)19-13-21-36(29-44)39(41(47-3)48-4)32-16-10-7-11-17-32/h6-21,43H,5,22-27H2,1H3. The van der Waals surface area contributed by atoms with Crippen LogP contribution in [0.2, 0.25) is 0 Å². The number of carbonyl (C=O) groups excluding carboxylic acids is 1. The molecule has 0 radical (unpaired) electrons. The topological polar surface area (TPSA) is 117 Å². The Bertz CT molecular complexity index is 2140. The van der Waals surface area contributed by atoms with E-state index in [9.17, 15) is 15.3 Å². The van der Waals surface area contributed by atoms with Crippen molar-refractivity contribution in [3.8, 4) is 12.1 Å². The number of hydrogen-bond donors (Lipinski definition) is 1. The van der Waals surface area contributed by atoms with Crippen molar-refractivity contribution >= 4 is 23.1 Å². The van der Waals surface area contributed by atoms with Gasteiger partial charge in [0.15, 0.2) is 0 Å². The van der Waals surface area contributed by atoms with Crippen molar-refractivity contribution in [2.75, 3.05) is 32.8 Å². The zero-order valence-corrected chi connectivity index (χ0v) is 28.6. The van der Waals surface area contributed by atoms with Gasteiger partial charge >= 0.3 is 11.9 Å². The normalized spacial score (nSPS) is 15.5. The van der Waals surface area contributed by atoms with Crippen molar-refractivity contribution in [3.05, 3.63) is 182 Å². The second-order valence-corrected chi connectivity index (χ2v) is 11.3. The predicted octanol–water partition coefficient (Wildman–Crippen LogP) is 8.53. The number of carbonyl (C=O) groups is 1. The average molecular weight is 683 g/mol. The van der Waals surface area contributed by atoms with Gasteiger partial charge in [-0.05, 0) is 60.1 Å². The summed E-state index contributed by atoms with van der Waals surface area (Å²) in [5, 5.41) is 27.8. The van der Waals surface area contributed by atoms with Gasteiger partial charge in [-0.3, -0.25) is 5.41 Å². The average Bonchev–Trinajstić information content (AvgIpc) is 3.59. The summed E-state index contributed by atoms with van der Waals surface area (Å²) in [5.41, 5.74) is 5.17. The molecule has 1 fully saturated rings. The molecule has 0 unspecified atom stereocenters. The first-order valence-electron chi connectivity index (χ1n) is 16.4. The molecule has 1 amide bonds. The number of nitrogens with zero attached hydrogens (tertiary/aromatic N) is 7. The van der Waals surface area contributed by atoms with Gasteiger partial charge in [0.1, 0.15) is 13.1 Å². The van der Waals surface area contributed by atoms with Gasteiger partial charge in [0.2, 0.25) is 0 Å². The van der Waals surface area contributed by atoms with Crippen molar-refractivity contribution in [1.82, 2.24) is 9.80 Å². The number of nitrogens with one attached hydrogen (secondary N) is 1. The van der Waals surface area contributed by atoms with Crippen LogP contribution in [0.5, 0.6) is 0 Å². The number of nitriles is 2. The van der Waals surface area contributed by atoms with Gasteiger partial charge in [0, 0.05) is 43.0 Å². The van der Waals surface area contributed by atoms with Crippen LogP contribution in [0.15, 0.2) is 137 Å². The highest BCUT2D eigenvalue weighted by Gasteiger charge is 2.28. The molecule has 10 nitrogen and oxygen atoms in total. The molecule has 0 atom stereocenters. The Morgan fingerprint density at radius 2 is 1.52 bits per heavy atom. The Balaban J connectivity index is 1.75. The van der Waals surface area contributed by atoms with Crippen LogP contribution < -0.4 is 0 Å². The van der Waals surface area contributed by atoms with Gasteiger partial charge < -0.3 is 14.5 Å². The van der Waals surface area contributed by atoms with E-state index in [2.05, 4.69) is 31.4 Å². The fourth-order valence-electron chi connectivity index (χ4n) is 5.96. The smallest absolute Gasteiger partial charge is 0.450 e. The molecule has 0 saturated carbocycles. The van der Waals surface area contributed by atoms with Crippen LogP contribution in [0.1, 0.15) is 30.9 Å². The van der Waals surface area contributed by atoms with Crippen LogP contribution >= 0.6 is 0 Å². The highest BCUT2D eigenvalue weighted by molar-refractivity contribution is 5.94. The molecule has 1 aliphatic carbocycles. The van der Waals surface area contributed by atoms with E-state index in [-0.39, 0.29) is 34.3 Å². The van der Waals surface area contributed by atoms with E-state index in [1.165, 1.54) is 0 Å². The molecular formula is C42H34N8O2. The monoisotopic (exact) mass is 682 g/mol. The summed E-state index contributed by atoms with van der Waals surface area (Å²) < 4.78 is 5.21. The Hall–Kier alpha value is -7.41. The number of hydrogen-bond acceptors (Lipinski definition) is 6. The van der Waals surface area contributed by atoms with E-state index >= 15 is 0 Å². The maximum Gasteiger partial charge on any atom is 0.528 e. The largest absolute Gasteiger partial charge is 0.528 e. The second kappa shape index (κ2) is 19.0. The highest BCUT2D eigenvalue weighted by atomic mass is 16.6. The summed E-state index contributed by atoms with van der Waals surface area (Å²) in [4.78, 5) is 26.5. The second-order valence-electron chi connectivity index (χ2n) is 11.3. The van der Waals surface area contributed by atoms with Gasteiger partial charge in [-0.25, -0.2) is 14.9 Å². The van der Waals surface area contributed by atoms with Crippen molar-refractivity contribution in [2.24, 2.45) is 0 Å². The first-order valence-corrected chi connectivity index (χ1v) is 16.4. The van der Waals surface area contributed by atoms with Gasteiger partial charge in [0.05, 0.1) is 36.5 Å². The Labute approximate surface area is 304 Å². The van der Waals surface area contributed by atoms with Crippen LogP contribution in [0.4, 0.5) is 4.79 Å². The summed E-state index contributed by atoms with van der Waals surface area (Å²) in [6, 6.07) is 22.0. The van der Waals surface area contributed by atoms with Crippen molar-refractivity contribution < 1.29 is 9.53 Å². The lowest BCUT2D eigenvalue weighted by Gasteiger charge is -2.37. The Morgan fingerprint density at radius 1 is 0.885 bits per heavy atom. The van der Waals surface area contributed by atoms with Crippen molar-refractivity contribution in [3.63, 3.8) is 0 Å². The lowest BCUT2D eigenvalue weighted by atomic mass is 9.96. The van der Waals surface area contributed by atoms with Crippen LogP contribution in [-0.4, -0.2) is 54.5 Å². The maximum absolute atomic E-state index is 12.4. The highest BCUT2D eigenvalue weighted by Crippen LogP contribution is 2.36. The molecule has 52 heavy (non-hydrogen) atoms. The minimum Gasteiger partial charge on any atom is -0.450 e. The molecule has 1 N–H and O–H groups in total. The minimum atomic E-state index is -0.347. The van der Waals surface area contributed by atoms with Crippen LogP contribution in [-0.2, 0) is 4.74 Å². The lowest BCUT2D eigenvalue weighted by Crippen LogP contribution is -2.48. The van der Waals surface area contributed by atoms with E-state index in [1.807, 2.05) is 30.4 Å². The molecule has 1 heterocycles. The van der Waals surface area contributed by atoms with Crippen LogP contribution in [0.25, 0.3) is 25.7 Å². The van der Waals surface area contributed by atoms with E-state index in [4.69, 9.17) is 29.9 Å². The number of benzene rings is 2. The summed E-state index contributed by atoms with van der Waals surface area (Å²) in [6.07, 6.45) is 11.7. The fraction of sp³-hybridized carbons (Fsp3) is 0.190. The third-order valence-electron chi connectivity index (χ3n) is 8.32. The van der Waals surface area contributed by atoms with Crippen molar-refractivity contribution in [1.29, 1.82) is 15.9 Å². The Morgan fingerprint density at radius 3 is 2.06 bits per heavy atom. The molecule has 254 valence electrons. The van der Waals surface area contributed by atoms with E-state index in [1.54, 1.807) is 84.7 Å². The zero-order chi connectivity index (χ0) is 37.3. The summed E-state index contributed by atoms with van der Waals surface area (Å²) >= 11 is 0. The van der Waals surface area contributed by atoms with Gasteiger partial charge in [-0.1, -0.05) is 85.0 Å². The summed E-state index contributed by atoms with van der Waals surface area (Å²) in [7, 11) is 0. The van der Waals surface area contributed by atoms with Gasteiger partial charge in [-0.2, -0.15) is 15.0 Å². The molecule has 2 aromatic carbocycles. The molecular weight excluding hydrogens is 649 g/mol. The van der Waals surface area contributed by atoms with Crippen LogP contribution in [0, 0.1) is 47.8 Å². The number of allylic oxidation sites excluding steroid dienone is 13. The zero-order valence-electron chi connectivity index (χ0n) is 28.6. The van der Waals surface area contributed by atoms with E-state index in [0.29, 0.717) is 62.3 Å². The maximum atomic E-state index is 12.4. The third kappa shape index (κ3) is 8.98. The predicted molar refractivity (Wildman–Crippen MR) is 200 cm³/mol. The van der Waals surface area contributed by atoms with Crippen LogP contribution in [0.3, 0.4) is 0 Å².